The number of H-pyrrole nitrogens is 1. The number of ketones is 1. The Bertz CT molecular complexity index is 563. The van der Waals surface area contributed by atoms with Gasteiger partial charge in [0.15, 0.2) is 5.78 Å². The van der Waals surface area contributed by atoms with E-state index in [4.69, 9.17) is 0 Å². The number of imidazole rings is 1. The average Bonchev–Trinajstić information content (AvgIpc) is 2.43. The van der Waals surface area contributed by atoms with Crippen LogP contribution in [0.3, 0.4) is 0 Å². The van der Waals surface area contributed by atoms with E-state index < -0.39 is 0 Å². The number of rotatable bonds is 1. The van der Waals surface area contributed by atoms with Crippen molar-refractivity contribution in [1.29, 1.82) is 0 Å². The van der Waals surface area contributed by atoms with Crippen LogP contribution in [0.2, 0.25) is 0 Å². The lowest BCUT2D eigenvalue weighted by molar-refractivity contribution is 0.104. The van der Waals surface area contributed by atoms with Crippen molar-refractivity contribution in [1.82, 2.24) is 9.55 Å². The van der Waals surface area contributed by atoms with Gasteiger partial charge in [-0.3, -0.25) is 9.36 Å². The van der Waals surface area contributed by atoms with Crippen LogP contribution >= 0.6 is 0 Å². The van der Waals surface area contributed by atoms with Crippen molar-refractivity contribution in [2.45, 2.75) is 0 Å². The van der Waals surface area contributed by atoms with Crippen molar-refractivity contribution in [3.8, 4) is 0 Å². The minimum Gasteiger partial charge on any atom is -0.306 e. The molecular weight excluding hydrogens is 180 g/mol. The molecule has 2 aromatic rings. The normalized spacial score (nSPS) is 10.7. The van der Waals surface area contributed by atoms with Gasteiger partial charge in [0, 0.05) is 19.5 Å². The predicted octanol–water partition coefficient (Wildman–Crippen LogP) is 0.883. The molecule has 4 nitrogen and oxygen atoms in total. The topological polar surface area (TPSA) is 54.9 Å². The third-order valence-corrected chi connectivity index (χ3v) is 2.23. The molecule has 1 heterocycles. The van der Waals surface area contributed by atoms with Gasteiger partial charge in [-0.1, -0.05) is 0 Å². The van der Waals surface area contributed by atoms with Crippen molar-refractivity contribution in [2.24, 2.45) is 7.05 Å². The molecule has 0 unspecified atom stereocenters. The fourth-order valence-electron chi connectivity index (χ4n) is 1.40. The smallest absolute Gasteiger partial charge is 0.306 e. The third kappa shape index (κ3) is 1.16. The molecule has 0 saturated carbocycles. The fraction of sp³-hybridized carbons (Fsp3) is 0.100. The van der Waals surface area contributed by atoms with Crippen LogP contribution in [0.5, 0.6) is 0 Å². The molecule has 0 spiro atoms. The third-order valence-electron chi connectivity index (χ3n) is 2.23. The number of aromatic amines is 1. The Morgan fingerprint density at radius 3 is 2.86 bits per heavy atom. The molecule has 0 aliphatic rings. The van der Waals surface area contributed by atoms with E-state index in [0.29, 0.717) is 11.1 Å². The summed E-state index contributed by atoms with van der Waals surface area (Å²) in [6.07, 6.45) is 0. The van der Waals surface area contributed by atoms with Gasteiger partial charge < -0.3 is 4.98 Å². The van der Waals surface area contributed by atoms with Crippen molar-refractivity contribution in [2.75, 3.05) is 0 Å². The second kappa shape index (κ2) is 2.83. The molecule has 0 bridgehead atoms. The van der Waals surface area contributed by atoms with Crippen LogP contribution in [0.25, 0.3) is 11.0 Å². The van der Waals surface area contributed by atoms with Crippen molar-refractivity contribution in [3.63, 3.8) is 0 Å². The number of fused-ring (bicyclic) bond motifs is 1. The van der Waals surface area contributed by atoms with Gasteiger partial charge in [0.25, 0.3) is 0 Å². The lowest BCUT2D eigenvalue weighted by atomic mass is 10.1. The van der Waals surface area contributed by atoms with Gasteiger partial charge in [-0.25, -0.2) is 4.79 Å². The Morgan fingerprint density at radius 2 is 2.21 bits per heavy atom. The summed E-state index contributed by atoms with van der Waals surface area (Å²) in [7, 11) is 1.65. The summed E-state index contributed by atoms with van der Waals surface area (Å²) in [6.45, 7) is 3.32. The number of nitrogens with one attached hydrogen (secondary N) is 1. The zero-order valence-corrected chi connectivity index (χ0v) is 7.70. The summed E-state index contributed by atoms with van der Waals surface area (Å²) >= 11 is 0. The molecule has 0 aliphatic carbocycles. The van der Waals surface area contributed by atoms with E-state index >= 15 is 0 Å². The van der Waals surface area contributed by atoms with E-state index in [2.05, 4.69) is 11.9 Å². The molecular formula is C10H9N2O2. The molecule has 1 radical (unpaired) electrons. The van der Waals surface area contributed by atoms with Gasteiger partial charge in [-0.05, 0) is 18.2 Å². The van der Waals surface area contributed by atoms with Gasteiger partial charge in [-0.2, -0.15) is 0 Å². The molecule has 0 atom stereocenters. The number of benzene rings is 1. The van der Waals surface area contributed by atoms with Crippen molar-refractivity contribution >= 4 is 16.8 Å². The number of aryl methyl sites for hydroxylation is 1. The molecule has 1 aromatic carbocycles. The maximum atomic E-state index is 11.2. The number of carbonyl (C=O) groups excluding carboxylic acids is 1. The summed E-state index contributed by atoms with van der Waals surface area (Å²) in [5.74, 6) is -0.249. The second-order valence-electron chi connectivity index (χ2n) is 3.14. The highest BCUT2D eigenvalue weighted by molar-refractivity contribution is 6.01. The Balaban J connectivity index is 2.82. The summed E-state index contributed by atoms with van der Waals surface area (Å²) in [5.41, 5.74) is 1.76. The Morgan fingerprint density at radius 1 is 1.50 bits per heavy atom. The van der Waals surface area contributed by atoms with Gasteiger partial charge >= 0.3 is 5.69 Å². The first-order valence-corrected chi connectivity index (χ1v) is 4.14. The Kier molecular flexibility index (Phi) is 1.77. The Labute approximate surface area is 80.2 Å². The first kappa shape index (κ1) is 8.74. The molecule has 0 amide bonds. The van der Waals surface area contributed by atoms with Crippen LogP contribution in [0.15, 0.2) is 23.0 Å². The highest BCUT2D eigenvalue weighted by Gasteiger charge is 2.05. The minimum atomic E-state index is -0.249. The maximum absolute atomic E-state index is 11.2. The van der Waals surface area contributed by atoms with Gasteiger partial charge in [0.2, 0.25) is 0 Å². The van der Waals surface area contributed by atoms with Crippen LogP contribution < -0.4 is 5.69 Å². The first-order chi connectivity index (χ1) is 6.59. The molecule has 1 N–H and O–H groups in total. The van der Waals surface area contributed by atoms with Gasteiger partial charge in [0.05, 0.1) is 11.0 Å². The number of Topliss-reactive ketones (excluding diaryl/α,β-unsaturated/α-hetero) is 1. The van der Waals surface area contributed by atoms with Crippen molar-refractivity contribution < 1.29 is 4.79 Å². The van der Waals surface area contributed by atoms with Crippen LogP contribution in [-0.2, 0) is 7.05 Å². The molecule has 0 aliphatic heterocycles. The number of hydrogen-bond donors (Lipinski definition) is 1. The molecule has 14 heavy (non-hydrogen) atoms. The molecule has 2 rings (SSSR count). The minimum absolute atomic E-state index is 0.186. The van der Waals surface area contributed by atoms with E-state index in [1.54, 1.807) is 25.2 Å². The second-order valence-corrected chi connectivity index (χ2v) is 3.14. The lowest BCUT2D eigenvalue weighted by Crippen LogP contribution is -2.11. The molecule has 1 aromatic heterocycles. The summed E-state index contributed by atoms with van der Waals surface area (Å²) in [4.78, 5) is 24.9. The van der Waals surface area contributed by atoms with Crippen LogP contribution in [-0.4, -0.2) is 15.3 Å². The number of hydrogen-bond acceptors (Lipinski definition) is 2. The summed E-state index contributed by atoms with van der Waals surface area (Å²) in [5, 5.41) is 0. The molecule has 4 heteroatoms. The average molecular weight is 189 g/mol. The Hall–Kier alpha value is -1.84. The standard InChI is InChI=1S/C10H9N2O2/c1-6(13)7-3-4-8-9(5-7)12(2)10(14)11-8/h3-5H,1H2,2H3,(H,11,14). The maximum Gasteiger partial charge on any atom is 0.326 e. The zero-order valence-electron chi connectivity index (χ0n) is 7.70. The lowest BCUT2D eigenvalue weighted by Gasteiger charge is -1.96. The first-order valence-electron chi connectivity index (χ1n) is 4.14. The quantitative estimate of drug-likeness (QED) is 0.677. The SMILES string of the molecule is [CH2]C(=O)c1ccc2[nH]c(=O)n(C)c2c1. The number of carbonyl (C=O) groups is 1. The predicted molar refractivity (Wildman–Crippen MR) is 53.2 cm³/mol. The van der Waals surface area contributed by atoms with Crippen LogP contribution in [0.1, 0.15) is 10.4 Å². The number of nitrogens with zero attached hydrogens (tertiary/aromatic N) is 1. The molecule has 0 fully saturated rings. The highest BCUT2D eigenvalue weighted by atomic mass is 16.1. The van der Waals surface area contributed by atoms with E-state index in [0.717, 1.165) is 5.52 Å². The van der Waals surface area contributed by atoms with E-state index in [1.165, 1.54) is 4.57 Å². The number of aromatic nitrogens is 2. The van der Waals surface area contributed by atoms with Crippen LogP contribution in [0.4, 0.5) is 0 Å². The monoisotopic (exact) mass is 189 g/mol. The van der Waals surface area contributed by atoms with E-state index in [1.807, 2.05) is 0 Å². The summed E-state index contributed by atoms with van der Waals surface area (Å²) in [6, 6.07) is 5.01. The molecule has 0 saturated heterocycles. The highest BCUT2D eigenvalue weighted by Crippen LogP contribution is 2.12. The van der Waals surface area contributed by atoms with Gasteiger partial charge in [-0.15, -0.1) is 0 Å². The van der Waals surface area contributed by atoms with Crippen molar-refractivity contribution in [3.05, 3.63) is 41.2 Å². The van der Waals surface area contributed by atoms with Crippen LogP contribution in [0, 0.1) is 6.92 Å². The fourth-order valence-corrected chi connectivity index (χ4v) is 1.40. The molecule has 71 valence electrons. The largest absolute Gasteiger partial charge is 0.326 e. The summed E-state index contributed by atoms with van der Waals surface area (Å²) < 4.78 is 1.46. The van der Waals surface area contributed by atoms with E-state index in [-0.39, 0.29) is 11.5 Å². The van der Waals surface area contributed by atoms with E-state index in [9.17, 15) is 9.59 Å². The zero-order chi connectivity index (χ0) is 10.3. The van der Waals surface area contributed by atoms with Gasteiger partial charge in [0.1, 0.15) is 0 Å².